The summed E-state index contributed by atoms with van der Waals surface area (Å²) < 4.78 is 5.04. The van der Waals surface area contributed by atoms with E-state index >= 15 is 0 Å². The standard InChI is InChI=1S/C102H118N4/c1-94(2,3)67-42-46-90-84(58-67)85-59-68(95(4,5)6)43-47-91(85)105(90)78-36-32-34-76(62-78)103(88-40-30-28-38-82(88)65-50-71(98(13,14)15)54-72(51-65)99(16,17)18)80-56-75(102(25,26)27)57-81(64-80)104(89-41-31-29-39-83(89)66-52-73(100(19,20)21)55-74(53-66)101(22,23)24)77-35-33-37-79(63-77)106-92-48-44-69(96(7,8)9)60-86(92)87-61-70(97(10,11)12)45-49-93(87)106/h28-64H,1-27H3. The molecule has 0 aliphatic rings. The molecule has 13 aromatic rings. The molecule has 0 bridgehead atoms. The number of hydrogen-bond donors (Lipinski definition) is 0. The number of rotatable bonds is 10. The monoisotopic (exact) mass is 1400 g/mol. The Labute approximate surface area is 636 Å². The van der Waals surface area contributed by atoms with Crippen LogP contribution in [0.15, 0.2) is 224 Å². The van der Waals surface area contributed by atoms with Crippen LogP contribution in [0.1, 0.15) is 237 Å². The molecule has 0 amide bonds. The van der Waals surface area contributed by atoms with Crippen molar-refractivity contribution < 1.29 is 0 Å². The summed E-state index contributed by atoms with van der Waals surface area (Å²) in [6.45, 7) is 63.3. The first-order valence-electron chi connectivity index (χ1n) is 38.9. The first-order chi connectivity index (χ1) is 49.2. The molecule has 0 fully saturated rings. The molecule has 2 aromatic heterocycles. The average molecular weight is 1400 g/mol. The summed E-state index contributed by atoms with van der Waals surface area (Å²) in [5.74, 6) is 0. The van der Waals surface area contributed by atoms with Crippen LogP contribution in [0.25, 0.3) is 77.2 Å². The topological polar surface area (TPSA) is 16.3 Å². The molecule has 13 rings (SSSR count). The number of anilines is 6. The van der Waals surface area contributed by atoms with Gasteiger partial charge in [-0.05, 0) is 225 Å². The molecule has 4 heteroatoms. The van der Waals surface area contributed by atoms with Crippen LogP contribution in [-0.2, 0) is 48.7 Å². The molecule has 0 spiro atoms. The van der Waals surface area contributed by atoms with Crippen LogP contribution in [0.3, 0.4) is 0 Å². The largest absolute Gasteiger partial charge is 0.310 e. The summed E-state index contributed by atoms with van der Waals surface area (Å²) in [4.78, 5) is 5.17. The molecular weight excluding hydrogens is 1280 g/mol. The molecule has 0 saturated heterocycles. The number of para-hydroxylation sites is 2. The summed E-state index contributed by atoms with van der Waals surface area (Å²) in [7, 11) is 0. The Morgan fingerprint density at radius 2 is 0.453 bits per heavy atom. The highest BCUT2D eigenvalue weighted by molar-refractivity contribution is 6.11. The average Bonchev–Trinajstić information content (AvgIpc) is 1.44. The minimum absolute atomic E-state index is 0.0357. The van der Waals surface area contributed by atoms with Crippen LogP contribution in [0.4, 0.5) is 34.1 Å². The fraction of sp³-hybridized carbons (Fsp3) is 0.353. The molecule has 4 nitrogen and oxygen atoms in total. The Morgan fingerprint density at radius 1 is 0.198 bits per heavy atom. The summed E-state index contributed by atoms with van der Waals surface area (Å²) in [5.41, 5.74) is 28.9. The van der Waals surface area contributed by atoms with Gasteiger partial charge in [-0.2, -0.15) is 0 Å². The van der Waals surface area contributed by atoms with Crippen LogP contribution in [-0.4, -0.2) is 9.13 Å². The lowest BCUT2D eigenvalue weighted by Gasteiger charge is -2.34. The maximum atomic E-state index is 2.58. The first-order valence-corrected chi connectivity index (χ1v) is 38.9. The van der Waals surface area contributed by atoms with E-state index in [0.29, 0.717) is 0 Å². The maximum absolute atomic E-state index is 2.58. The SMILES string of the molecule is CC(C)(C)c1cc(N(c2cccc(-n3c4ccc(C(C)(C)C)cc4c4cc(C(C)(C)C)ccc43)c2)c2ccccc2-c2cc(C(C)(C)C)cc(C(C)(C)C)c2)cc(N(c2cccc(-n3c4ccc(C(C)(C)C)cc4c4cc(C(C)(C)C)ccc43)c2)c2ccccc2-c2cc(C(C)(C)C)cc(C(C)(C)C)c2)c1. The van der Waals surface area contributed by atoms with Gasteiger partial charge in [0.25, 0.3) is 0 Å². The highest BCUT2D eigenvalue weighted by Crippen LogP contribution is 2.51. The highest BCUT2D eigenvalue weighted by Gasteiger charge is 2.32. The van der Waals surface area contributed by atoms with Crippen molar-refractivity contribution in [2.45, 2.75) is 236 Å². The Kier molecular flexibility index (Phi) is 18.5. The molecule has 11 aromatic carbocycles. The second kappa shape index (κ2) is 26.2. The smallest absolute Gasteiger partial charge is 0.0541 e. The van der Waals surface area contributed by atoms with E-state index in [1.807, 2.05) is 0 Å². The fourth-order valence-corrected chi connectivity index (χ4v) is 15.3. The predicted octanol–water partition coefficient (Wildman–Crippen LogP) is 29.8. The van der Waals surface area contributed by atoms with Gasteiger partial charge in [-0.25, -0.2) is 0 Å². The lowest BCUT2D eigenvalue weighted by molar-refractivity contribution is 0.568. The van der Waals surface area contributed by atoms with E-state index < -0.39 is 0 Å². The number of benzene rings is 11. The Balaban J connectivity index is 1.14. The molecule has 0 saturated carbocycles. The molecule has 546 valence electrons. The molecule has 0 radical (unpaired) electrons. The summed E-state index contributed by atoms with van der Waals surface area (Å²) in [6, 6.07) is 88.1. The van der Waals surface area contributed by atoms with Gasteiger partial charge in [-0.3, -0.25) is 0 Å². The van der Waals surface area contributed by atoms with Crippen LogP contribution in [0.2, 0.25) is 0 Å². The minimum Gasteiger partial charge on any atom is -0.310 e. The van der Waals surface area contributed by atoms with Gasteiger partial charge in [-0.1, -0.05) is 296 Å². The van der Waals surface area contributed by atoms with E-state index in [0.717, 1.165) is 56.6 Å². The Bertz CT molecular complexity index is 4990. The van der Waals surface area contributed by atoms with Gasteiger partial charge in [0.15, 0.2) is 0 Å². The highest BCUT2D eigenvalue weighted by atomic mass is 15.2. The van der Waals surface area contributed by atoms with Gasteiger partial charge in [0.1, 0.15) is 0 Å². The van der Waals surface area contributed by atoms with Gasteiger partial charge >= 0.3 is 0 Å². The number of aromatic nitrogens is 2. The molecular formula is C102H118N4. The molecule has 2 heterocycles. The lowest BCUT2D eigenvalue weighted by Crippen LogP contribution is -2.19. The molecule has 106 heavy (non-hydrogen) atoms. The predicted molar refractivity (Wildman–Crippen MR) is 464 cm³/mol. The molecule has 0 aliphatic heterocycles. The zero-order chi connectivity index (χ0) is 76.7. The van der Waals surface area contributed by atoms with Crippen LogP contribution < -0.4 is 9.80 Å². The van der Waals surface area contributed by atoms with Crippen molar-refractivity contribution in [2.75, 3.05) is 9.80 Å². The summed E-state index contributed by atoms with van der Waals surface area (Å²) >= 11 is 0. The summed E-state index contributed by atoms with van der Waals surface area (Å²) in [5, 5.41) is 5.07. The second-order valence-corrected chi connectivity index (χ2v) is 39.9. The van der Waals surface area contributed by atoms with Crippen molar-refractivity contribution in [3.63, 3.8) is 0 Å². The second-order valence-electron chi connectivity index (χ2n) is 39.9. The number of nitrogens with zero attached hydrogens (tertiary/aromatic N) is 4. The van der Waals surface area contributed by atoms with Gasteiger partial charge in [0.05, 0.1) is 33.4 Å². The van der Waals surface area contributed by atoms with Crippen molar-refractivity contribution in [1.82, 2.24) is 9.13 Å². The van der Waals surface area contributed by atoms with Crippen molar-refractivity contribution >= 4 is 77.7 Å². The zero-order valence-corrected chi connectivity index (χ0v) is 69.2. The van der Waals surface area contributed by atoms with E-state index in [1.165, 1.54) is 105 Å². The third-order valence-corrected chi connectivity index (χ3v) is 22.2. The van der Waals surface area contributed by atoms with Gasteiger partial charge in [0, 0.05) is 66.8 Å². The molecule has 0 N–H and O–H groups in total. The zero-order valence-electron chi connectivity index (χ0n) is 69.2. The number of hydrogen-bond acceptors (Lipinski definition) is 2. The van der Waals surface area contributed by atoms with Crippen LogP contribution >= 0.6 is 0 Å². The van der Waals surface area contributed by atoms with Crippen LogP contribution in [0, 0.1) is 0 Å². The van der Waals surface area contributed by atoms with E-state index in [2.05, 4.69) is 430 Å². The normalized spacial score (nSPS) is 13.2. The number of fused-ring (bicyclic) bond motifs is 6. The molecule has 0 aliphatic carbocycles. The van der Waals surface area contributed by atoms with Gasteiger partial charge < -0.3 is 18.9 Å². The van der Waals surface area contributed by atoms with E-state index in [1.54, 1.807) is 0 Å². The van der Waals surface area contributed by atoms with Crippen molar-refractivity contribution in [3.8, 4) is 33.6 Å². The molecule has 0 unspecified atom stereocenters. The van der Waals surface area contributed by atoms with Gasteiger partial charge in [-0.15, -0.1) is 0 Å². The van der Waals surface area contributed by atoms with Crippen molar-refractivity contribution in [3.05, 3.63) is 275 Å². The molecule has 0 atom stereocenters. The summed E-state index contributed by atoms with van der Waals surface area (Å²) in [6.07, 6.45) is 0. The van der Waals surface area contributed by atoms with Gasteiger partial charge in [0.2, 0.25) is 0 Å². The third kappa shape index (κ3) is 14.6. The van der Waals surface area contributed by atoms with Crippen molar-refractivity contribution in [1.29, 1.82) is 0 Å². The van der Waals surface area contributed by atoms with Crippen molar-refractivity contribution in [2.24, 2.45) is 0 Å². The maximum Gasteiger partial charge on any atom is 0.0541 e. The van der Waals surface area contributed by atoms with E-state index in [9.17, 15) is 0 Å². The Hall–Kier alpha value is -9.38. The Morgan fingerprint density at radius 3 is 0.717 bits per heavy atom. The quantitative estimate of drug-likeness (QED) is 0.136. The fourth-order valence-electron chi connectivity index (χ4n) is 15.3. The minimum atomic E-state index is -0.308. The van der Waals surface area contributed by atoms with E-state index in [-0.39, 0.29) is 48.7 Å². The first kappa shape index (κ1) is 74.9. The van der Waals surface area contributed by atoms with E-state index in [4.69, 9.17) is 0 Å². The van der Waals surface area contributed by atoms with Crippen LogP contribution in [0.5, 0.6) is 0 Å². The third-order valence-electron chi connectivity index (χ3n) is 22.2. The lowest BCUT2D eigenvalue weighted by atomic mass is 9.78.